The van der Waals surface area contributed by atoms with Crippen LogP contribution in [-0.4, -0.2) is 34.5 Å². The highest BCUT2D eigenvalue weighted by Crippen LogP contribution is 2.19. The first-order valence-corrected chi connectivity index (χ1v) is 8.10. The zero-order chi connectivity index (χ0) is 16.2. The van der Waals surface area contributed by atoms with Gasteiger partial charge in [-0.05, 0) is 26.4 Å². The lowest BCUT2D eigenvalue weighted by Gasteiger charge is -2.06. The molecule has 1 aromatic heterocycles. The first-order chi connectivity index (χ1) is 10.6. The van der Waals surface area contributed by atoms with Crippen LogP contribution in [0.1, 0.15) is 57.8 Å². The van der Waals surface area contributed by atoms with Crippen molar-refractivity contribution in [3.8, 4) is 11.8 Å². The van der Waals surface area contributed by atoms with Crippen molar-refractivity contribution in [1.82, 2.24) is 10.0 Å². The molecule has 0 bridgehead atoms. The SMILES string of the molecule is CNCCCCCCCCCCC(=O)On1c(O)ccc1O. The molecule has 1 heterocycles. The second kappa shape index (κ2) is 11.0. The summed E-state index contributed by atoms with van der Waals surface area (Å²) in [7, 11) is 1.98. The van der Waals surface area contributed by atoms with Crippen molar-refractivity contribution >= 4 is 5.97 Å². The fraction of sp³-hybridized carbons (Fsp3) is 0.688. The number of aromatic hydroxyl groups is 2. The van der Waals surface area contributed by atoms with E-state index in [2.05, 4.69) is 5.32 Å². The Morgan fingerprint density at radius 1 is 1.00 bits per heavy atom. The van der Waals surface area contributed by atoms with Crippen LogP contribution < -0.4 is 10.2 Å². The Hall–Kier alpha value is -1.69. The summed E-state index contributed by atoms with van der Waals surface area (Å²) in [6.07, 6.45) is 9.41. The standard InChI is InChI=1S/C16H28N2O4/c1-17-13-9-7-5-3-2-4-6-8-10-16(21)22-18-14(19)11-12-15(18)20/h11-12,17,19-20H,2-10,13H2,1H3. The van der Waals surface area contributed by atoms with E-state index in [4.69, 9.17) is 4.84 Å². The van der Waals surface area contributed by atoms with Crippen LogP contribution in [0.4, 0.5) is 0 Å². The Kier molecular flexibility index (Phi) is 9.14. The van der Waals surface area contributed by atoms with Gasteiger partial charge in [-0.25, -0.2) is 4.79 Å². The summed E-state index contributed by atoms with van der Waals surface area (Å²) in [4.78, 5) is 16.4. The van der Waals surface area contributed by atoms with Crippen molar-refractivity contribution in [2.24, 2.45) is 0 Å². The van der Waals surface area contributed by atoms with Gasteiger partial charge in [0, 0.05) is 18.6 Å². The van der Waals surface area contributed by atoms with Gasteiger partial charge in [0.1, 0.15) is 0 Å². The molecule has 0 aliphatic carbocycles. The molecular formula is C16H28N2O4. The maximum Gasteiger partial charge on any atom is 0.333 e. The number of rotatable bonds is 12. The molecule has 0 spiro atoms. The van der Waals surface area contributed by atoms with E-state index >= 15 is 0 Å². The van der Waals surface area contributed by atoms with Crippen LogP contribution in [0.2, 0.25) is 0 Å². The number of carbonyl (C=O) groups is 1. The van der Waals surface area contributed by atoms with Crippen molar-refractivity contribution in [2.45, 2.75) is 57.8 Å². The van der Waals surface area contributed by atoms with Gasteiger partial charge in [-0.15, -0.1) is 4.73 Å². The molecule has 6 heteroatoms. The quantitative estimate of drug-likeness (QED) is 0.517. The summed E-state index contributed by atoms with van der Waals surface area (Å²) >= 11 is 0. The summed E-state index contributed by atoms with van der Waals surface area (Å²) in [6, 6.07) is 2.53. The Labute approximate surface area is 132 Å². The summed E-state index contributed by atoms with van der Waals surface area (Å²) in [5, 5.41) is 21.8. The predicted octanol–water partition coefficient (Wildman–Crippen LogP) is 2.58. The number of hydrogen-bond acceptors (Lipinski definition) is 5. The molecule has 6 nitrogen and oxygen atoms in total. The number of nitrogens with zero attached hydrogens (tertiary/aromatic N) is 1. The minimum atomic E-state index is -0.450. The van der Waals surface area contributed by atoms with Crippen LogP contribution in [0, 0.1) is 0 Å². The summed E-state index contributed by atoms with van der Waals surface area (Å²) in [6.45, 7) is 1.09. The topological polar surface area (TPSA) is 83.7 Å². The highest BCUT2D eigenvalue weighted by atomic mass is 16.7. The van der Waals surface area contributed by atoms with Gasteiger partial charge in [-0.3, -0.25) is 0 Å². The number of unbranched alkanes of at least 4 members (excludes halogenated alkanes) is 7. The molecule has 0 aromatic carbocycles. The molecule has 3 N–H and O–H groups in total. The molecular weight excluding hydrogens is 284 g/mol. The molecule has 126 valence electrons. The largest absolute Gasteiger partial charge is 0.492 e. The van der Waals surface area contributed by atoms with Crippen LogP contribution in [0.15, 0.2) is 12.1 Å². The van der Waals surface area contributed by atoms with E-state index in [1.165, 1.54) is 44.2 Å². The Bertz CT molecular complexity index is 412. The predicted molar refractivity (Wildman–Crippen MR) is 84.8 cm³/mol. The fourth-order valence-corrected chi connectivity index (χ4v) is 2.27. The summed E-state index contributed by atoms with van der Waals surface area (Å²) < 4.78 is 0.730. The van der Waals surface area contributed by atoms with Crippen LogP contribution in [-0.2, 0) is 4.79 Å². The lowest BCUT2D eigenvalue weighted by Crippen LogP contribution is -2.18. The normalized spacial score (nSPS) is 10.8. The molecule has 0 aliphatic rings. The molecule has 0 aliphatic heterocycles. The molecule has 0 saturated heterocycles. The minimum absolute atomic E-state index is 0.288. The maximum atomic E-state index is 11.6. The Morgan fingerprint density at radius 3 is 2.05 bits per heavy atom. The van der Waals surface area contributed by atoms with Crippen molar-refractivity contribution in [1.29, 1.82) is 0 Å². The van der Waals surface area contributed by atoms with Crippen molar-refractivity contribution in [2.75, 3.05) is 13.6 Å². The lowest BCUT2D eigenvalue weighted by atomic mass is 10.1. The van der Waals surface area contributed by atoms with Crippen molar-refractivity contribution < 1.29 is 19.8 Å². The minimum Gasteiger partial charge on any atom is -0.492 e. The molecule has 1 aromatic rings. The van der Waals surface area contributed by atoms with E-state index in [9.17, 15) is 15.0 Å². The Morgan fingerprint density at radius 2 is 1.50 bits per heavy atom. The molecule has 22 heavy (non-hydrogen) atoms. The fourth-order valence-electron chi connectivity index (χ4n) is 2.27. The zero-order valence-electron chi connectivity index (χ0n) is 13.4. The van der Waals surface area contributed by atoms with Crippen LogP contribution >= 0.6 is 0 Å². The Balaban J connectivity index is 1.97. The third-order valence-electron chi connectivity index (χ3n) is 3.55. The second-order valence-electron chi connectivity index (χ2n) is 5.49. The summed E-state index contributed by atoms with van der Waals surface area (Å²) in [5.74, 6) is -1.03. The monoisotopic (exact) mass is 312 g/mol. The molecule has 0 amide bonds. The molecule has 0 unspecified atom stereocenters. The van der Waals surface area contributed by atoms with Gasteiger partial charge < -0.3 is 20.4 Å². The highest BCUT2D eigenvalue weighted by molar-refractivity contribution is 5.69. The van der Waals surface area contributed by atoms with Gasteiger partial charge in [0.15, 0.2) is 0 Å². The lowest BCUT2D eigenvalue weighted by molar-refractivity contribution is -0.145. The van der Waals surface area contributed by atoms with E-state index in [0.29, 0.717) is 6.42 Å². The van der Waals surface area contributed by atoms with Gasteiger partial charge in [0.2, 0.25) is 11.8 Å². The highest BCUT2D eigenvalue weighted by Gasteiger charge is 2.11. The van der Waals surface area contributed by atoms with Gasteiger partial charge in [0.25, 0.3) is 0 Å². The summed E-state index contributed by atoms with van der Waals surface area (Å²) in [5.41, 5.74) is 0. The smallest absolute Gasteiger partial charge is 0.333 e. The van der Waals surface area contributed by atoms with Gasteiger partial charge in [-0.2, -0.15) is 0 Å². The van der Waals surface area contributed by atoms with Crippen molar-refractivity contribution in [3.63, 3.8) is 0 Å². The number of hydrogen-bond donors (Lipinski definition) is 3. The third kappa shape index (κ3) is 7.36. The zero-order valence-corrected chi connectivity index (χ0v) is 13.4. The molecule has 0 fully saturated rings. The molecule has 0 saturated carbocycles. The molecule has 1 rings (SSSR count). The number of carbonyl (C=O) groups excluding carboxylic acids is 1. The number of aromatic nitrogens is 1. The first kappa shape index (κ1) is 18.4. The van der Waals surface area contributed by atoms with E-state index in [0.717, 1.165) is 30.5 Å². The van der Waals surface area contributed by atoms with E-state index in [1.54, 1.807) is 0 Å². The third-order valence-corrected chi connectivity index (χ3v) is 3.55. The average Bonchev–Trinajstić information content (AvgIpc) is 2.81. The van der Waals surface area contributed by atoms with Crippen molar-refractivity contribution in [3.05, 3.63) is 12.1 Å². The maximum absolute atomic E-state index is 11.6. The van der Waals surface area contributed by atoms with Gasteiger partial charge >= 0.3 is 5.97 Å². The van der Waals surface area contributed by atoms with Crippen LogP contribution in [0.3, 0.4) is 0 Å². The van der Waals surface area contributed by atoms with Crippen LogP contribution in [0.25, 0.3) is 0 Å². The number of nitrogens with one attached hydrogen (secondary N) is 1. The molecule has 0 atom stereocenters. The van der Waals surface area contributed by atoms with Gasteiger partial charge in [-0.1, -0.05) is 38.5 Å². The molecule has 0 radical (unpaired) electrons. The second-order valence-corrected chi connectivity index (χ2v) is 5.49. The van der Waals surface area contributed by atoms with Crippen LogP contribution in [0.5, 0.6) is 11.8 Å². The average molecular weight is 312 g/mol. The van der Waals surface area contributed by atoms with Gasteiger partial charge in [0.05, 0.1) is 0 Å². The van der Waals surface area contributed by atoms with E-state index < -0.39 is 5.97 Å². The van der Waals surface area contributed by atoms with E-state index in [-0.39, 0.29) is 11.8 Å². The first-order valence-electron chi connectivity index (χ1n) is 8.10. The van der Waals surface area contributed by atoms with E-state index in [1.807, 2.05) is 7.05 Å².